The molecular formula is C24H28O4. The summed E-state index contributed by atoms with van der Waals surface area (Å²) in [5.41, 5.74) is 2.04. The number of benzene rings is 2. The van der Waals surface area contributed by atoms with Crippen molar-refractivity contribution in [3.63, 3.8) is 0 Å². The Morgan fingerprint density at radius 1 is 0.929 bits per heavy atom. The third-order valence-electron chi connectivity index (χ3n) is 6.05. The minimum atomic E-state index is -0.223. The molecule has 1 aliphatic rings. The second kappa shape index (κ2) is 8.59. The summed E-state index contributed by atoms with van der Waals surface area (Å²) in [7, 11) is 3.26. The Morgan fingerprint density at radius 3 is 1.89 bits per heavy atom. The fraction of sp³-hybridized carbons (Fsp3) is 0.417. The third kappa shape index (κ3) is 3.82. The quantitative estimate of drug-likeness (QED) is 0.724. The maximum Gasteiger partial charge on any atom is 0.136 e. The molecule has 0 aromatic heterocycles. The second-order valence-corrected chi connectivity index (χ2v) is 7.48. The molecule has 1 fully saturated rings. The standard InChI is InChI=1S/C24H28O4/c1-5-21(25)24-20(16-6-10-18(27-3)11-7-16)14-22(26)15(2)23(24)17-8-12-19(28-4)13-9-17/h6-13,15,20,23-24H,5,14H2,1-4H3/t15-,20-,23-,24-/m1/s1. The van der Waals surface area contributed by atoms with Crippen molar-refractivity contribution >= 4 is 11.6 Å². The molecule has 1 saturated carbocycles. The molecule has 0 saturated heterocycles. The largest absolute Gasteiger partial charge is 0.497 e. The highest BCUT2D eigenvalue weighted by Crippen LogP contribution is 2.48. The van der Waals surface area contributed by atoms with E-state index in [1.165, 1.54) is 0 Å². The molecule has 4 heteroatoms. The van der Waals surface area contributed by atoms with Crippen LogP contribution < -0.4 is 9.47 Å². The number of carbonyl (C=O) groups is 2. The molecule has 0 unspecified atom stereocenters. The molecule has 0 heterocycles. The summed E-state index contributed by atoms with van der Waals surface area (Å²) in [5, 5.41) is 0. The zero-order valence-electron chi connectivity index (χ0n) is 17.0. The number of rotatable bonds is 6. The van der Waals surface area contributed by atoms with E-state index in [1.807, 2.05) is 62.4 Å². The molecule has 2 aromatic rings. The van der Waals surface area contributed by atoms with Crippen LogP contribution in [0.25, 0.3) is 0 Å². The minimum Gasteiger partial charge on any atom is -0.497 e. The van der Waals surface area contributed by atoms with Gasteiger partial charge in [0.1, 0.15) is 23.1 Å². The lowest BCUT2D eigenvalue weighted by Crippen LogP contribution is -2.40. The van der Waals surface area contributed by atoms with Gasteiger partial charge >= 0.3 is 0 Å². The lowest BCUT2D eigenvalue weighted by Gasteiger charge is -2.41. The van der Waals surface area contributed by atoms with E-state index in [0.717, 1.165) is 22.6 Å². The van der Waals surface area contributed by atoms with Crippen molar-refractivity contribution in [1.82, 2.24) is 0 Å². The van der Waals surface area contributed by atoms with Crippen molar-refractivity contribution in [3.05, 3.63) is 59.7 Å². The molecule has 0 aliphatic heterocycles. The Morgan fingerprint density at radius 2 is 1.43 bits per heavy atom. The smallest absolute Gasteiger partial charge is 0.136 e. The molecule has 148 valence electrons. The number of hydrogen-bond donors (Lipinski definition) is 0. The van der Waals surface area contributed by atoms with Crippen LogP contribution in [0.3, 0.4) is 0 Å². The molecule has 0 spiro atoms. The molecule has 0 radical (unpaired) electrons. The van der Waals surface area contributed by atoms with Crippen LogP contribution in [0.15, 0.2) is 48.5 Å². The molecule has 3 rings (SSSR count). The fourth-order valence-corrected chi connectivity index (χ4v) is 4.45. The number of Topliss-reactive ketones (excluding diaryl/α,β-unsaturated/α-hetero) is 2. The molecule has 0 N–H and O–H groups in total. The monoisotopic (exact) mass is 380 g/mol. The van der Waals surface area contributed by atoms with E-state index in [0.29, 0.717) is 12.8 Å². The van der Waals surface area contributed by atoms with Crippen molar-refractivity contribution in [3.8, 4) is 11.5 Å². The van der Waals surface area contributed by atoms with Gasteiger partial charge in [-0.1, -0.05) is 38.1 Å². The zero-order chi connectivity index (χ0) is 20.3. The molecular weight excluding hydrogens is 352 g/mol. The van der Waals surface area contributed by atoms with Crippen LogP contribution >= 0.6 is 0 Å². The van der Waals surface area contributed by atoms with Crippen LogP contribution in [-0.2, 0) is 9.59 Å². The van der Waals surface area contributed by atoms with Gasteiger partial charge in [0.05, 0.1) is 14.2 Å². The first kappa shape index (κ1) is 20.1. The lowest BCUT2D eigenvalue weighted by atomic mass is 9.61. The third-order valence-corrected chi connectivity index (χ3v) is 6.05. The zero-order valence-corrected chi connectivity index (χ0v) is 17.0. The number of methoxy groups -OCH3 is 2. The molecule has 0 bridgehead atoms. The SMILES string of the molecule is CCC(=O)[C@@H]1[C@@H](c2ccc(OC)cc2)[C@H](C)C(=O)C[C@@H]1c1ccc(OC)cc1. The highest BCUT2D eigenvalue weighted by Gasteiger charge is 2.46. The molecule has 0 amide bonds. The maximum atomic E-state index is 13.1. The Balaban J connectivity index is 2.05. The van der Waals surface area contributed by atoms with Gasteiger partial charge in [0.25, 0.3) is 0 Å². The van der Waals surface area contributed by atoms with Crippen LogP contribution in [0.5, 0.6) is 11.5 Å². The highest BCUT2D eigenvalue weighted by atomic mass is 16.5. The van der Waals surface area contributed by atoms with Crippen LogP contribution in [-0.4, -0.2) is 25.8 Å². The summed E-state index contributed by atoms with van der Waals surface area (Å²) >= 11 is 0. The van der Waals surface area contributed by atoms with Gasteiger partial charge in [-0.2, -0.15) is 0 Å². The van der Waals surface area contributed by atoms with E-state index in [-0.39, 0.29) is 35.2 Å². The van der Waals surface area contributed by atoms with Gasteiger partial charge < -0.3 is 9.47 Å². The van der Waals surface area contributed by atoms with Crippen molar-refractivity contribution in [2.75, 3.05) is 14.2 Å². The van der Waals surface area contributed by atoms with E-state index in [1.54, 1.807) is 14.2 Å². The molecule has 2 aromatic carbocycles. The first-order valence-electron chi connectivity index (χ1n) is 9.83. The number of hydrogen-bond acceptors (Lipinski definition) is 4. The fourth-order valence-electron chi connectivity index (χ4n) is 4.45. The van der Waals surface area contributed by atoms with Crippen molar-refractivity contribution in [2.45, 2.75) is 38.5 Å². The van der Waals surface area contributed by atoms with Gasteiger partial charge in [-0.05, 0) is 35.4 Å². The Labute approximate surface area is 166 Å². The molecule has 4 nitrogen and oxygen atoms in total. The Bertz CT molecular complexity index is 823. The van der Waals surface area contributed by atoms with Gasteiger partial charge in [-0.15, -0.1) is 0 Å². The van der Waals surface area contributed by atoms with Crippen LogP contribution in [0.4, 0.5) is 0 Å². The van der Waals surface area contributed by atoms with Gasteiger partial charge in [0.15, 0.2) is 0 Å². The van der Waals surface area contributed by atoms with Gasteiger partial charge in [-0.3, -0.25) is 9.59 Å². The van der Waals surface area contributed by atoms with Crippen LogP contribution in [0.2, 0.25) is 0 Å². The van der Waals surface area contributed by atoms with Crippen LogP contribution in [0.1, 0.15) is 49.7 Å². The van der Waals surface area contributed by atoms with Gasteiger partial charge in [0.2, 0.25) is 0 Å². The highest BCUT2D eigenvalue weighted by molar-refractivity contribution is 5.90. The van der Waals surface area contributed by atoms with E-state index in [4.69, 9.17) is 9.47 Å². The Hall–Kier alpha value is -2.62. The molecule has 4 atom stereocenters. The van der Waals surface area contributed by atoms with E-state index in [2.05, 4.69) is 0 Å². The summed E-state index contributed by atoms with van der Waals surface area (Å²) in [6.45, 7) is 3.86. The predicted octanol–water partition coefficient (Wildman–Crippen LogP) is 4.78. The Kier molecular flexibility index (Phi) is 6.18. The first-order valence-corrected chi connectivity index (χ1v) is 9.83. The van der Waals surface area contributed by atoms with E-state index in [9.17, 15) is 9.59 Å². The summed E-state index contributed by atoms with van der Waals surface area (Å²) < 4.78 is 10.5. The summed E-state index contributed by atoms with van der Waals surface area (Å²) in [6.07, 6.45) is 0.863. The van der Waals surface area contributed by atoms with Gasteiger partial charge in [-0.25, -0.2) is 0 Å². The lowest BCUT2D eigenvalue weighted by molar-refractivity contribution is -0.132. The average Bonchev–Trinajstić information content (AvgIpc) is 2.74. The normalized spacial score (nSPS) is 24.6. The second-order valence-electron chi connectivity index (χ2n) is 7.48. The van der Waals surface area contributed by atoms with Crippen molar-refractivity contribution in [2.24, 2.45) is 11.8 Å². The summed E-state index contributed by atoms with van der Waals surface area (Å²) in [4.78, 5) is 26.0. The van der Waals surface area contributed by atoms with E-state index >= 15 is 0 Å². The first-order chi connectivity index (χ1) is 13.5. The predicted molar refractivity (Wildman–Crippen MR) is 109 cm³/mol. The summed E-state index contributed by atoms with van der Waals surface area (Å²) in [6, 6.07) is 15.5. The van der Waals surface area contributed by atoms with Crippen molar-refractivity contribution in [1.29, 1.82) is 0 Å². The number of ether oxygens (including phenoxy) is 2. The van der Waals surface area contributed by atoms with Crippen LogP contribution in [0, 0.1) is 11.8 Å². The molecule has 1 aliphatic carbocycles. The topological polar surface area (TPSA) is 52.6 Å². The van der Waals surface area contributed by atoms with Crippen molar-refractivity contribution < 1.29 is 19.1 Å². The van der Waals surface area contributed by atoms with Gasteiger partial charge in [0, 0.05) is 36.5 Å². The molecule has 28 heavy (non-hydrogen) atoms. The number of ketones is 2. The van der Waals surface area contributed by atoms with E-state index < -0.39 is 0 Å². The summed E-state index contributed by atoms with van der Waals surface area (Å²) in [5.74, 6) is 1.29. The number of carbonyl (C=O) groups excluding carboxylic acids is 2. The maximum absolute atomic E-state index is 13.1. The average molecular weight is 380 g/mol. The minimum absolute atomic E-state index is 0.117.